The van der Waals surface area contributed by atoms with Crippen LogP contribution < -0.4 is 5.32 Å². The van der Waals surface area contributed by atoms with Gasteiger partial charge in [0.15, 0.2) is 0 Å². The lowest BCUT2D eigenvalue weighted by Crippen LogP contribution is -2.36. The third kappa shape index (κ3) is 4.55. The van der Waals surface area contributed by atoms with Crippen LogP contribution in [0.15, 0.2) is 35.7 Å². The highest BCUT2D eigenvalue weighted by Crippen LogP contribution is 2.28. The Labute approximate surface area is 166 Å². The molecular formula is C19H21N3O5S. The summed E-state index contributed by atoms with van der Waals surface area (Å²) in [4.78, 5) is 38.5. The molecule has 0 bridgehead atoms. The summed E-state index contributed by atoms with van der Waals surface area (Å²) in [5, 5.41) is 16.0. The van der Waals surface area contributed by atoms with Crippen molar-refractivity contribution < 1.29 is 19.2 Å². The van der Waals surface area contributed by atoms with Crippen molar-refractivity contribution in [2.45, 2.75) is 18.9 Å². The molecule has 1 amide bonds. The van der Waals surface area contributed by atoms with E-state index in [0.29, 0.717) is 6.54 Å². The zero-order valence-corrected chi connectivity index (χ0v) is 16.2. The molecule has 1 aliphatic heterocycles. The second kappa shape index (κ2) is 8.94. The molecule has 28 heavy (non-hydrogen) atoms. The van der Waals surface area contributed by atoms with Crippen LogP contribution in [0.2, 0.25) is 0 Å². The number of nitro benzene ring substituents is 1. The Hall–Kier alpha value is -2.78. The first-order valence-corrected chi connectivity index (χ1v) is 9.81. The fourth-order valence-electron chi connectivity index (χ4n) is 3.32. The Morgan fingerprint density at radius 2 is 2.00 bits per heavy atom. The largest absolute Gasteiger partial charge is 0.465 e. The van der Waals surface area contributed by atoms with Crippen molar-refractivity contribution >= 4 is 28.9 Å². The van der Waals surface area contributed by atoms with Gasteiger partial charge < -0.3 is 10.1 Å². The first-order chi connectivity index (χ1) is 13.5. The van der Waals surface area contributed by atoms with E-state index in [-0.39, 0.29) is 22.9 Å². The summed E-state index contributed by atoms with van der Waals surface area (Å²) in [6.45, 7) is 2.33. The number of likely N-dealkylation sites (tertiary alicyclic amines) is 1. The molecule has 148 valence electrons. The molecule has 3 rings (SSSR count). The molecule has 0 saturated carbocycles. The zero-order chi connectivity index (χ0) is 20.1. The van der Waals surface area contributed by atoms with Gasteiger partial charge in [-0.2, -0.15) is 0 Å². The van der Waals surface area contributed by atoms with Crippen molar-refractivity contribution in [1.29, 1.82) is 0 Å². The lowest BCUT2D eigenvalue weighted by atomic mass is 10.1. The van der Waals surface area contributed by atoms with Crippen LogP contribution in [0.25, 0.3) is 0 Å². The van der Waals surface area contributed by atoms with Gasteiger partial charge in [0.25, 0.3) is 11.6 Å². The van der Waals surface area contributed by atoms with E-state index in [9.17, 15) is 19.7 Å². The van der Waals surface area contributed by atoms with Gasteiger partial charge in [0.1, 0.15) is 0 Å². The van der Waals surface area contributed by atoms with Crippen molar-refractivity contribution in [2.75, 3.05) is 26.7 Å². The second-order valence-corrected chi connectivity index (χ2v) is 7.48. The number of thiophene rings is 1. The van der Waals surface area contributed by atoms with Gasteiger partial charge in [-0.1, -0.05) is 6.07 Å². The van der Waals surface area contributed by atoms with E-state index < -0.39 is 16.8 Å². The van der Waals surface area contributed by atoms with Gasteiger partial charge in [-0.3, -0.25) is 19.8 Å². The Morgan fingerprint density at radius 1 is 1.29 bits per heavy atom. The molecule has 1 aliphatic rings. The summed E-state index contributed by atoms with van der Waals surface area (Å²) in [7, 11) is 1.18. The van der Waals surface area contributed by atoms with E-state index in [0.717, 1.165) is 42.9 Å². The summed E-state index contributed by atoms with van der Waals surface area (Å²) in [5.74, 6) is -1.19. The molecule has 1 N–H and O–H groups in total. The maximum absolute atomic E-state index is 12.7. The van der Waals surface area contributed by atoms with Crippen LogP contribution in [0.1, 0.15) is 44.5 Å². The summed E-state index contributed by atoms with van der Waals surface area (Å²) in [6, 6.07) is 7.66. The quantitative estimate of drug-likeness (QED) is 0.433. The smallest absolute Gasteiger partial charge is 0.338 e. The number of esters is 1. The molecule has 2 heterocycles. The number of carbonyl (C=O) groups excluding carboxylic acids is 2. The molecule has 1 atom stereocenters. The molecule has 1 unspecified atom stereocenters. The summed E-state index contributed by atoms with van der Waals surface area (Å²) in [6.07, 6.45) is 2.26. The number of hydrogen-bond donors (Lipinski definition) is 1. The van der Waals surface area contributed by atoms with Crippen LogP contribution in [0, 0.1) is 10.1 Å². The molecule has 0 radical (unpaired) electrons. The second-order valence-electron chi connectivity index (χ2n) is 6.50. The van der Waals surface area contributed by atoms with Crippen LogP contribution in [0.3, 0.4) is 0 Å². The number of hydrogen-bond acceptors (Lipinski definition) is 7. The number of ether oxygens (including phenoxy) is 1. The fraction of sp³-hybridized carbons (Fsp3) is 0.368. The maximum atomic E-state index is 12.7. The highest BCUT2D eigenvalue weighted by atomic mass is 32.1. The molecule has 1 aromatic heterocycles. The summed E-state index contributed by atoms with van der Waals surface area (Å²) < 4.78 is 4.62. The summed E-state index contributed by atoms with van der Waals surface area (Å²) in [5.41, 5.74) is -0.306. The minimum atomic E-state index is -0.730. The predicted octanol–water partition coefficient (Wildman–Crippen LogP) is 3.01. The topological polar surface area (TPSA) is 102 Å². The third-order valence-electron chi connectivity index (χ3n) is 4.72. The molecule has 2 aromatic rings. The van der Waals surface area contributed by atoms with E-state index in [1.165, 1.54) is 13.2 Å². The maximum Gasteiger partial charge on any atom is 0.338 e. The van der Waals surface area contributed by atoms with Crippen molar-refractivity contribution in [3.63, 3.8) is 0 Å². The Kier molecular flexibility index (Phi) is 6.37. The lowest BCUT2D eigenvalue weighted by molar-refractivity contribution is -0.384. The van der Waals surface area contributed by atoms with E-state index in [2.05, 4.69) is 15.0 Å². The number of non-ortho nitro benzene ring substituents is 1. The number of benzene rings is 1. The van der Waals surface area contributed by atoms with E-state index in [4.69, 9.17) is 0 Å². The van der Waals surface area contributed by atoms with E-state index >= 15 is 0 Å². The first-order valence-electron chi connectivity index (χ1n) is 8.93. The number of methoxy groups -OCH3 is 1. The van der Waals surface area contributed by atoms with Crippen LogP contribution in [0.4, 0.5) is 5.69 Å². The first kappa shape index (κ1) is 20.0. The van der Waals surface area contributed by atoms with Crippen molar-refractivity contribution in [3.8, 4) is 0 Å². The van der Waals surface area contributed by atoms with Gasteiger partial charge in [0.05, 0.1) is 23.6 Å². The summed E-state index contributed by atoms with van der Waals surface area (Å²) >= 11 is 1.64. The third-order valence-corrected chi connectivity index (χ3v) is 5.69. The highest BCUT2D eigenvalue weighted by molar-refractivity contribution is 7.10. The molecule has 1 fully saturated rings. The number of carbonyl (C=O) groups is 2. The van der Waals surface area contributed by atoms with Gasteiger partial charge in [0, 0.05) is 29.1 Å². The normalized spacial score (nSPS) is 15.2. The Balaban J connectivity index is 1.78. The number of nitrogens with one attached hydrogen (secondary N) is 1. The molecule has 0 aliphatic carbocycles. The van der Waals surface area contributed by atoms with Crippen LogP contribution in [-0.4, -0.2) is 48.4 Å². The van der Waals surface area contributed by atoms with Gasteiger partial charge in [-0.25, -0.2) is 4.79 Å². The van der Waals surface area contributed by atoms with Crippen LogP contribution in [0.5, 0.6) is 0 Å². The van der Waals surface area contributed by atoms with E-state index in [1.54, 1.807) is 11.3 Å². The number of nitrogens with zero attached hydrogens (tertiary/aromatic N) is 2. The monoisotopic (exact) mass is 403 g/mol. The average molecular weight is 403 g/mol. The highest BCUT2D eigenvalue weighted by Gasteiger charge is 2.25. The van der Waals surface area contributed by atoms with E-state index in [1.807, 2.05) is 17.5 Å². The van der Waals surface area contributed by atoms with Gasteiger partial charge in [-0.05, 0) is 43.4 Å². The predicted molar refractivity (Wildman–Crippen MR) is 105 cm³/mol. The standard InChI is InChI=1S/C19H21N3O5S/c1-27-19(24)14-9-13(10-15(11-14)22(25)26)18(23)20-12-16(17-5-4-8-28-17)21-6-2-3-7-21/h4-5,8-11,16H,2-3,6-7,12H2,1H3,(H,20,23). The van der Waals surface area contributed by atoms with Gasteiger partial charge >= 0.3 is 5.97 Å². The number of amides is 1. The van der Waals surface area contributed by atoms with Crippen molar-refractivity contribution in [2.24, 2.45) is 0 Å². The molecule has 9 heteroatoms. The molecule has 1 aromatic carbocycles. The van der Waals surface area contributed by atoms with Crippen LogP contribution >= 0.6 is 11.3 Å². The zero-order valence-electron chi connectivity index (χ0n) is 15.4. The minimum absolute atomic E-state index is 0.0313. The van der Waals surface area contributed by atoms with Gasteiger partial charge in [-0.15, -0.1) is 11.3 Å². The molecular weight excluding hydrogens is 382 g/mol. The Morgan fingerprint density at radius 3 is 2.61 bits per heavy atom. The number of rotatable bonds is 7. The SMILES string of the molecule is COC(=O)c1cc(C(=O)NCC(c2cccs2)N2CCCC2)cc([N+](=O)[O-])c1. The minimum Gasteiger partial charge on any atom is -0.465 e. The number of nitro groups is 1. The van der Waals surface area contributed by atoms with Crippen molar-refractivity contribution in [3.05, 3.63) is 61.8 Å². The average Bonchev–Trinajstić information content (AvgIpc) is 3.41. The van der Waals surface area contributed by atoms with Crippen molar-refractivity contribution in [1.82, 2.24) is 10.2 Å². The lowest BCUT2D eigenvalue weighted by Gasteiger charge is -2.27. The molecule has 0 spiro atoms. The van der Waals surface area contributed by atoms with Gasteiger partial charge in [0.2, 0.25) is 0 Å². The fourth-order valence-corrected chi connectivity index (χ4v) is 4.18. The molecule has 8 nitrogen and oxygen atoms in total. The molecule has 1 saturated heterocycles. The van der Waals surface area contributed by atoms with Crippen LogP contribution in [-0.2, 0) is 4.74 Å². The Bertz CT molecular complexity index is 862.